The Labute approximate surface area is 122 Å². The van der Waals surface area contributed by atoms with Crippen LogP contribution in [-0.4, -0.2) is 39.3 Å². The molecule has 0 saturated heterocycles. The molecular formula is C10H12F4N2O3S2. The summed E-state index contributed by atoms with van der Waals surface area (Å²) in [6.45, 7) is -0.365. The minimum absolute atomic E-state index is 0.140. The first-order chi connectivity index (χ1) is 9.38. The molecule has 0 spiro atoms. The summed E-state index contributed by atoms with van der Waals surface area (Å²) in [6, 6.07) is 0. The first kappa shape index (κ1) is 17.7. The van der Waals surface area contributed by atoms with E-state index in [1.54, 1.807) is 0 Å². The lowest BCUT2D eigenvalue weighted by Crippen LogP contribution is -2.34. The maximum Gasteiger partial charge on any atom is 0.324 e. The molecule has 21 heavy (non-hydrogen) atoms. The largest absolute Gasteiger partial charge is 0.396 e. The molecule has 1 aromatic rings. The summed E-state index contributed by atoms with van der Waals surface area (Å²) >= 11 is 0.530. The SMILES string of the molecule is CC(=O)c1sc(NCC(F)(F)C(F)F)c(S(C)(=O)=O)c1N. The number of ketones is 1. The third-order valence-electron chi connectivity index (χ3n) is 2.39. The minimum atomic E-state index is -4.34. The zero-order chi connectivity index (χ0) is 16.6. The average molecular weight is 348 g/mol. The van der Waals surface area contributed by atoms with Gasteiger partial charge in [-0.25, -0.2) is 17.2 Å². The van der Waals surface area contributed by atoms with Gasteiger partial charge in [-0.1, -0.05) is 0 Å². The van der Waals surface area contributed by atoms with Crippen molar-refractivity contribution in [3.8, 4) is 0 Å². The zero-order valence-corrected chi connectivity index (χ0v) is 12.5. The third kappa shape index (κ3) is 3.84. The predicted octanol–water partition coefficient (Wildman–Crippen LogP) is 2.25. The number of alkyl halides is 4. The fraction of sp³-hybridized carbons (Fsp3) is 0.500. The van der Waals surface area contributed by atoms with Gasteiger partial charge in [0.1, 0.15) is 9.90 Å². The number of hydrogen-bond donors (Lipinski definition) is 2. The molecule has 0 aliphatic carbocycles. The number of halogens is 4. The van der Waals surface area contributed by atoms with E-state index in [1.807, 2.05) is 5.32 Å². The van der Waals surface area contributed by atoms with E-state index >= 15 is 0 Å². The Morgan fingerprint density at radius 2 is 1.95 bits per heavy atom. The molecule has 0 atom stereocenters. The highest BCUT2D eigenvalue weighted by Crippen LogP contribution is 2.40. The maximum absolute atomic E-state index is 12.9. The Kier molecular flexibility index (Phi) is 4.88. The van der Waals surface area contributed by atoms with Gasteiger partial charge in [-0.3, -0.25) is 4.79 Å². The van der Waals surface area contributed by atoms with Gasteiger partial charge in [0, 0.05) is 13.2 Å². The summed E-state index contributed by atoms with van der Waals surface area (Å²) in [6.07, 6.45) is -3.14. The van der Waals surface area contributed by atoms with Crippen LogP contribution in [0.5, 0.6) is 0 Å². The fourth-order valence-electron chi connectivity index (χ4n) is 1.45. The summed E-state index contributed by atoms with van der Waals surface area (Å²) in [7, 11) is -3.93. The molecule has 0 aliphatic rings. The molecule has 0 aromatic carbocycles. The van der Waals surface area contributed by atoms with Gasteiger partial charge in [0.15, 0.2) is 15.6 Å². The van der Waals surface area contributed by atoms with Crippen molar-refractivity contribution in [2.75, 3.05) is 23.9 Å². The predicted molar refractivity (Wildman–Crippen MR) is 71.3 cm³/mol. The Hall–Kier alpha value is -1.36. The molecule has 11 heteroatoms. The van der Waals surface area contributed by atoms with Gasteiger partial charge in [0.05, 0.1) is 17.1 Å². The second kappa shape index (κ2) is 5.79. The zero-order valence-electron chi connectivity index (χ0n) is 10.9. The first-order valence-corrected chi connectivity index (χ1v) is 8.11. The molecule has 0 radical (unpaired) electrons. The van der Waals surface area contributed by atoms with Gasteiger partial charge >= 0.3 is 12.3 Å². The van der Waals surface area contributed by atoms with Gasteiger partial charge in [0.2, 0.25) is 0 Å². The van der Waals surface area contributed by atoms with Crippen LogP contribution in [0.3, 0.4) is 0 Å². The van der Waals surface area contributed by atoms with Gasteiger partial charge in [-0.05, 0) is 0 Å². The Morgan fingerprint density at radius 1 is 1.43 bits per heavy atom. The first-order valence-electron chi connectivity index (χ1n) is 5.41. The van der Waals surface area contributed by atoms with Gasteiger partial charge < -0.3 is 11.1 Å². The molecule has 1 rings (SSSR count). The van der Waals surface area contributed by atoms with Gasteiger partial charge in [0.25, 0.3) is 0 Å². The van der Waals surface area contributed by atoms with Crippen LogP contribution in [0, 0.1) is 0 Å². The highest BCUT2D eigenvalue weighted by molar-refractivity contribution is 7.91. The normalized spacial score (nSPS) is 12.7. The number of Topliss-reactive ketones (excluding diaryl/α,β-unsaturated/α-hetero) is 1. The molecule has 0 unspecified atom stereocenters. The Balaban J connectivity index is 3.25. The summed E-state index contributed by atoms with van der Waals surface area (Å²) in [5, 5.41) is 1.57. The molecule has 1 aromatic heterocycles. The molecule has 0 saturated carbocycles. The highest BCUT2D eigenvalue weighted by atomic mass is 32.2. The van der Waals surface area contributed by atoms with E-state index in [0.29, 0.717) is 11.3 Å². The van der Waals surface area contributed by atoms with Gasteiger partial charge in [-0.2, -0.15) is 8.78 Å². The van der Waals surface area contributed by atoms with Crippen LogP contribution in [0.15, 0.2) is 4.90 Å². The summed E-state index contributed by atoms with van der Waals surface area (Å²) in [4.78, 5) is 10.6. The topological polar surface area (TPSA) is 89.3 Å². The number of thiophene rings is 1. The van der Waals surface area contributed by atoms with Crippen LogP contribution in [0.2, 0.25) is 0 Å². The van der Waals surface area contributed by atoms with Crippen molar-refractivity contribution in [1.29, 1.82) is 0 Å². The number of nitrogen functional groups attached to an aromatic ring is 1. The van der Waals surface area contributed by atoms with Crippen LogP contribution in [-0.2, 0) is 9.84 Å². The molecule has 3 N–H and O–H groups in total. The summed E-state index contributed by atoms with van der Waals surface area (Å²) < 4.78 is 73.1. The highest BCUT2D eigenvalue weighted by Gasteiger charge is 2.41. The van der Waals surface area contributed by atoms with Crippen molar-refractivity contribution in [2.45, 2.75) is 24.2 Å². The molecule has 120 valence electrons. The lowest BCUT2D eigenvalue weighted by molar-refractivity contribution is -0.117. The smallest absolute Gasteiger partial charge is 0.324 e. The van der Waals surface area contributed by atoms with Crippen molar-refractivity contribution in [2.24, 2.45) is 0 Å². The number of hydrogen-bond acceptors (Lipinski definition) is 6. The molecule has 0 fully saturated rings. The molecule has 0 amide bonds. The third-order valence-corrected chi connectivity index (χ3v) is 4.95. The van der Waals surface area contributed by atoms with Crippen LogP contribution < -0.4 is 11.1 Å². The number of sulfone groups is 1. The second-order valence-electron chi connectivity index (χ2n) is 4.25. The van der Waals surface area contributed by atoms with Crippen molar-refractivity contribution in [3.63, 3.8) is 0 Å². The Morgan fingerprint density at radius 3 is 2.33 bits per heavy atom. The molecule has 0 bridgehead atoms. The average Bonchev–Trinajstić information content (AvgIpc) is 2.63. The lowest BCUT2D eigenvalue weighted by atomic mass is 10.3. The number of carbonyl (C=O) groups is 1. The van der Waals surface area contributed by atoms with E-state index in [4.69, 9.17) is 5.73 Å². The van der Waals surface area contributed by atoms with Crippen LogP contribution in [0.25, 0.3) is 0 Å². The van der Waals surface area contributed by atoms with Crippen molar-refractivity contribution >= 4 is 37.6 Å². The van der Waals surface area contributed by atoms with Crippen LogP contribution in [0.1, 0.15) is 16.6 Å². The number of carbonyl (C=O) groups excluding carboxylic acids is 1. The molecule has 0 aliphatic heterocycles. The monoisotopic (exact) mass is 348 g/mol. The number of nitrogens with two attached hydrogens (primary N) is 1. The van der Waals surface area contributed by atoms with E-state index in [0.717, 1.165) is 13.2 Å². The number of nitrogens with one attached hydrogen (secondary N) is 1. The molecular weight excluding hydrogens is 336 g/mol. The molecule has 1 heterocycles. The number of rotatable bonds is 6. The van der Waals surface area contributed by atoms with Crippen molar-refractivity contribution in [1.82, 2.24) is 0 Å². The van der Waals surface area contributed by atoms with Crippen LogP contribution in [0.4, 0.5) is 28.3 Å². The summed E-state index contributed by atoms with van der Waals surface area (Å²) in [5.41, 5.74) is 5.15. The standard InChI is InChI=1S/C10H12F4N2O3S2/c1-4(17)6-5(15)7(21(2,18)19)8(20-6)16-3-10(13,14)9(11)12/h9,16H,3,15H2,1-2H3. The maximum atomic E-state index is 12.9. The van der Waals surface area contributed by atoms with E-state index < -0.39 is 39.4 Å². The van der Waals surface area contributed by atoms with Gasteiger partial charge in [-0.15, -0.1) is 11.3 Å². The van der Waals surface area contributed by atoms with Crippen molar-refractivity contribution < 1.29 is 30.8 Å². The fourth-order valence-corrected chi connectivity index (χ4v) is 3.91. The lowest BCUT2D eigenvalue weighted by Gasteiger charge is -2.16. The second-order valence-corrected chi connectivity index (χ2v) is 7.22. The van der Waals surface area contributed by atoms with E-state index in [9.17, 15) is 30.8 Å². The quantitative estimate of drug-likeness (QED) is 0.608. The van der Waals surface area contributed by atoms with E-state index in [1.165, 1.54) is 0 Å². The Bertz CT molecular complexity index is 656. The van der Waals surface area contributed by atoms with E-state index in [-0.39, 0.29) is 15.6 Å². The minimum Gasteiger partial charge on any atom is -0.396 e. The van der Waals surface area contributed by atoms with E-state index in [2.05, 4.69) is 0 Å². The van der Waals surface area contributed by atoms with Crippen LogP contribution >= 0.6 is 11.3 Å². The summed E-state index contributed by atoms with van der Waals surface area (Å²) in [5.74, 6) is -4.90. The number of anilines is 2. The van der Waals surface area contributed by atoms with Crippen molar-refractivity contribution in [3.05, 3.63) is 4.88 Å². The molecule has 5 nitrogen and oxygen atoms in total.